The van der Waals surface area contributed by atoms with E-state index in [1.165, 1.54) is 0 Å². The third-order valence-electron chi connectivity index (χ3n) is 4.22. The Hall–Kier alpha value is -2.87. The zero-order valence-electron chi connectivity index (χ0n) is 18.4. The van der Waals surface area contributed by atoms with E-state index in [1.54, 1.807) is 35.9 Å². The van der Waals surface area contributed by atoms with E-state index in [-0.39, 0.29) is 24.3 Å². The first-order valence-corrected chi connectivity index (χ1v) is 10.4. The van der Waals surface area contributed by atoms with Gasteiger partial charge in [-0.3, -0.25) is 18.7 Å². The van der Waals surface area contributed by atoms with Crippen LogP contribution in [0, 0.1) is 0 Å². The number of nitrogens with two attached hydrogens (primary N) is 1. The van der Waals surface area contributed by atoms with Crippen LogP contribution in [0.4, 0.5) is 0 Å². The number of halogens is 1. The van der Waals surface area contributed by atoms with E-state index in [0.717, 1.165) is 14.7 Å². The highest BCUT2D eigenvalue weighted by Gasteiger charge is 2.20. The van der Waals surface area contributed by atoms with Crippen LogP contribution in [0.5, 0.6) is 0 Å². The van der Waals surface area contributed by atoms with Gasteiger partial charge in [0.25, 0.3) is 5.56 Å². The highest BCUT2D eigenvalue weighted by Crippen LogP contribution is 2.12. The number of hydrogen-bond acceptors (Lipinski definition) is 4. The van der Waals surface area contributed by atoms with E-state index in [0.29, 0.717) is 17.3 Å². The van der Waals surface area contributed by atoms with Crippen LogP contribution in [0.2, 0.25) is 5.02 Å². The summed E-state index contributed by atoms with van der Waals surface area (Å²) < 4.78 is 3.87. The van der Waals surface area contributed by atoms with Crippen LogP contribution in [0.25, 0.3) is 11.2 Å². The molecular weight excluding hydrogens is 406 g/mol. The van der Waals surface area contributed by atoms with Gasteiger partial charge in [-0.1, -0.05) is 58.4 Å². The number of hydrogen-bond donors (Lipinski definition) is 1. The van der Waals surface area contributed by atoms with E-state index in [2.05, 4.69) is 4.98 Å². The average molecular weight is 436 g/mol. The quantitative estimate of drug-likeness (QED) is 0.665. The lowest BCUT2D eigenvalue weighted by atomic mass is 10.2. The number of fused-ring (bicyclic) bond motifs is 1. The van der Waals surface area contributed by atoms with Gasteiger partial charge in [-0.15, -0.1) is 0 Å². The van der Waals surface area contributed by atoms with Gasteiger partial charge in [0.1, 0.15) is 12.4 Å². The van der Waals surface area contributed by atoms with Crippen LogP contribution in [-0.4, -0.2) is 24.6 Å². The summed E-state index contributed by atoms with van der Waals surface area (Å²) >= 11 is 5.88. The first kappa shape index (κ1) is 25.2. The second kappa shape index (κ2) is 11.3. The van der Waals surface area contributed by atoms with Crippen molar-refractivity contribution < 1.29 is 4.79 Å². The minimum absolute atomic E-state index is 0.0518. The molecule has 0 saturated heterocycles. The Kier molecular flexibility index (Phi) is 9.52. The molecule has 3 rings (SSSR count). The number of primary amides is 1. The Morgan fingerprint density at radius 1 is 1.07 bits per heavy atom. The smallest absolute Gasteiger partial charge is 0.333 e. The topological polar surface area (TPSA) is 105 Å². The number of benzene rings is 1. The fraction of sp³-hybridized carbons (Fsp3) is 0.429. The molecule has 3 aromatic rings. The van der Waals surface area contributed by atoms with Crippen molar-refractivity contribution in [2.24, 2.45) is 12.8 Å². The van der Waals surface area contributed by atoms with Crippen molar-refractivity contribution in [3.05, 3.63) is 61.5 Å². The van der Waals surface area contributed by atoms with Gasteiger partial charge in [-0.2, -0.15) is 0 Å². The average Bonchev–Trinajstić information content (AvgIpc) is 3.09. The molecule has 0 spiro atoms. The molecule has 0 saturated carbocycles. The molecule has 164 valence electrons. The largest absolute Gasteiger partial charge is 0.368 e. The Labute approximate surface area is 180 Å². The molecule has 2 heterocycles. The number of imidazole rings is 1. The molecule has 0 atom stereocenters. The van der Waals surface area contributed by atoms with Crippen molar-refractivity contribution >= 4 is 28.7 Å². The van der Waals surface area contributed by atoms with Crippen LogP contribution in [0.1, 0.15) is 46.0 Å². The van der Waals surface area contributed by atoms with Gasteiger partial charge >= 0.3 is 5.69 Å². The monoisotopic (exact) mass is 435 g/mol. The van der Waals surface area contributed by atoms with Crippen molar-refractivity contribution in [1.29, 1.82) is 0 Å². The van der Waals surface area contributed by atoms with Crippen LogP contribution in [0.15, 0.2) is 33.9 Å². The fourth-order valence-electron chi connectivity index (χ4n) is 2.93. The van der Waals surface area contributed by atoms with Gasteiger partial charge in [-0.05, 0) is 17.7 Å². The first-order chi connectivity index (χ1) is 14.3. The van der Waals surface area contributed by atoms with E-state index in [9.17, 15) is 14.4 Å². The molecular formula is C21H30ClN5O3. The first-order valence-electron chi connectivity index (χ1n) is 10.0. The van der Waals surface area contributed by atoms with Gasteiger partial charge in [-0.25, -0.2) is 9.78 Å². The Morgan fingerprint density at radius 2 is 1.63 bits per heavy atom. The normalized spacial score (nSPS) is 10.1. The summed E-state index contributed by atoms with van der Waals surface area (Å²) in [7, 11) is 1.71. The van der Waals surface area contributed by atoms with E-state index >= 15 is 0 Å². The van der Waals surface area contributed by atoms with Gasteiger partial charge in [0.05, 0.1) is 6.54 Å². The maximum Gasteiger partial charge on any atom is 0.333 e. The van der Waals surface area contributed by atoms with Gasteiger partial charge < -0.3 is 10.3 Å². The second-order valence-electron chi connectivity index (χ2n) is 5.97. The molecule has 0 radical (unpaired) electrons. The van der Waals surface area contributed by atoms with Gasteiger partial charge in [0.2, 0.25) is 5.91 Å². The van der Waals surface area contributed by atoms with E-state index < -0.39 is 17.2 Å². The summed E-state index contributed by atoms with van der Waals surface area (Å²) in [5, 5.41) is 0.557. The Balaban J connectivity index is 0.00000106. The molecule has 1 aromatic carbocycles. The molecule has 0 aliphatic carbocycles. The predicted molar refractivity (Wildman–Crippen MR) is 121 cm³/mol. The number of rotatable bonds is 5. The lowest BCUT2D eigenvalue weighted by Gasteiger charge is -2.11. The molecule has 9 heteroatoms. The number of nitrogens with zero attached hydrogens (tertiary/aromatic N) is 4. The van der Waals surface area contributed by atoms with E-state index in [1.807, 2.05) is 34.6 Å². The van der Waals surface area contributed by atoms with E-state index in [4.69, 9.17) is 17.3 Å². The highest BCUT2D eigenvalue weighted by molar-refractivity contribution is 6.30. The summed E-state index contributed by atoms with van der Waals surface area (Å²) in [5.41, 5.74) is 5.36. The number of amides is 1. The van der Waals surface area contributed by atoms with Gasteiger partial charge in [0.15, 0.2) is 11.2 Å². The highest BCUT2D eigenvalue weighted by atomic mass is 35.5. The zero-order valence-corrected chi connectivity index (χ0v) is 19.2. The SMILES string of the molecule is CC.CC.CCc1nc2c(c(=O)n(Cc3ccc(Cl)cc3)c(=O)n2CC(N)=O)n1C. The number of aromatic nitrogens is 4. The van der Waals surface area contributed by atoms with Crippen molar-refractivity contribution in [3.8, 4) is 0 Å². The lowest BCUT2D eigenvalue weighted by molar-refractivity contribution is -0.118. The zero-order chi connectivity index (χ0) is 23.0. The molecule has 30 heavy (non-hydrogen) atoms. The molecule has 0 fully saturated rings. The second-order valence-corrected chi connectivity index (χ2v) is 6.40. The number of carbonyl (C=O) groups excluding carboxylic acids is 1. The van der Waals surface area contributed by atoms with Gasteiger partial charge in [0, 0.05) is 18.5 Å². The standard InChI is InChI=1S/C17H18ClN5O3.2C2H6/c1-3-13-20-15-14(21(13)2)16(25)23(17(26)22(15)9-12(19)24)8-10-4-6-11(18)7-5-10;2*1-2/h4-7H,3,8-9H2,1-2H3,(H2,19,24);2*1-2H3. The molecule has 2 aromatic heterocycles. The summed E-state index contributed by atoms with van der Waals surface area (Å²) in [4.78, 5) is 41.6. The fourth-order valence-corrected chi connectivity index (χ4v) is 3.06. The van der Waals surface area contributed by atoms with Crippen molar-refractivity contribution in [2.45, 2.75) is 54.1 Å². The summed E-state index contributed by atoms with van der Waals surface area (Å²) in [6, 6.07) is 6.83. The van der Waals surface area contributed by atoms with Crippen molar-refractivity contribution in [1.82, 2.24) is 18.7 Å². The Bertz CT molecular complexity index is 1110. The summed E-state index contributed by atoms with van der Waals surface area (Å²) in [5.74, 6) is -0.0484. The minimum Gasteiger partial charge on any atom is -0.368 e. The molecule has 0 aliphatic heterocycles. The number of carbonyl (C=O) groups is 1. The van der Waals surface area contributed by atoms with Crippen molar-refractivity contribution in [2.75, 3.05) is 0 Å². The maximum absolute atomic E-state index is 13.0. The van der Waals surface area contributed by atoms with Crippen LogP contribution in [-0.2, 0) is 31.4 Å². The summed E-state index contributed by atoms with van der Waals surface area (Å²) in [6.07, 6.45) is 0.576. The summed E-state index contributed by atoms with van der Waals surface area (Å²) in [6.45, 7) is 9.59. The molecule has 0 unspecified atom stereocenters. The third kappa shape index (κ3) is 5.18. The van der Waals surface area contributed by atoms with Crippen molar-refractivity contribution in [3.63, 3.8) is 0 Å². The minimum atomic E-state index is -0.686. The molecule has 8 nitrogen and oxygen atoms in total. The molecule has 1 amide bonds. The molecule has 0 bridgehead atoms. The lowest BCUT2D eigenvalue weighted by Crippen LogP contribution is -2.42. The predicted octanol–water partition coefficient (Wildman–Crippen LogP) is 2.70. The number of aryl methyl sites for hydroxylation is 2. The Morgan fingerprint density at radius 3 is 2.13 bits per heavy atom. The third-order valence-corrected chi connectivity index (χ3v) is 4.47. The van der Waals surface area contributed by atoms with Crippen LogP contribution in [0.3, 0.4) is 0 Å². The van der Waals surface area contributed by atoms with Crippen LogP contribution < -0.4 is 17.0 Å². The maximum atomic E-state index is 13.0. The van der Waals surface area contributed by atoms with Crippen LogP contribution >= 0.6 is 11.6 Å². The molecule has 0 aliphatic rings. The molecule has 2 N–H and O–H groups in total.